The molecule has 0 spiro atoms. The number of carbonyl (C=O) groups is 1. The first kappa shape index (κ1) is 26.7. The lowest BCUT2D eigenvalue weighted by atomic mass is 9.94. The summed E-state index contributed by atoms with van der Waals surface area (Å²) in [5.74, 6) is 1.39. The summed E-state index contributed by atoms with van der Waals surface area (Å²) in [6.07, 6.45) is 6.56. The third kappa shape index (κ3) is 5.76. The molecular formula is C28H30Br2N4O4. The van der Waals surface area contributed by atoms with E-state index in [9.17, 15) is 4.79 Å². The summed E-state index contributed by atoms with van der Waals surface area (Å²) < 4.78 is 21.6. The van der Waals surface area contributed by atoms with Crippen LogP contribution in [0.15, 0.2) is 62.9 Å². The van der Waals surface area contributed by atoms with E-state index in [1.54, 1.807) is 4.68 Å². The van der Waals surface area contributed by atoms with Crippen molar-refractivity contribution in [1.82, 2.24) is 14.8 Å². The van der Waals surface area contributed by atoms with Crippen molar-refractivity contribution in [3.05, 3.63) is 74.1 Å². The lowest BCUT2D eigenvalue weighted by Crippen LogP contribution is -2.32. The van der Waals surface area contributed by atoms with Gasteiger partial charge < -0.3 is 19.5 Å². The number of allylic oxidation sites excluding steroid dienone is 1. The van der Waals surface area contributed by atoms with Crippen molar-refractivity contribution in [2.45, 2.75) is 64.7 Å². The van der Waals surface area contributed by atoms with Crippen LogP contribution in [0.25, 0.3) is 0 Å². The zero-order valence-electron chi connectivity index (χ0n) is 21.4. The van der Waals surface area contributed by atoms with Crippen LogP contribution >= 0.6 is 31.9 Å². The highest BCUT2D eigenvalue weighted by Gasteiger charge is 2.36. The maximum absolute atomic E-state index is 13.6. The van der Waals surface area contributed by atoms with E-state index in [-0.39, 0.29) is 12.1 Å². The highest BCUT2D eigenvalue weighted by molar-refractivity contribution is 9.10. The van der Waals surface area contributed by atoms with Gasteiger partial charge in [0, 0.05) is 10.2 Å². The van der Waals surface area contributed by atoms with Crippen LogP contribution < -0.4 is 14.8 Å². The van der Waals surface area contributed by atoms with Crippen LogP contribution in [0.1, 0.15) is 63.1 Å². The summed E-state index contributed by atoms with van der Waals surface area (Å²) >= 11 is 7.21. The Morgan fingerprint density at radius 2 is 1.95 bits per heavy atom. The van der Waals surface area contributed by atoms with Crippen LogP contribution in [0.3, 0.4) is 0 Å². The Bertz CT molecular complexity index is 1350. The van der Waals surface area contributed by atoms with E-state index in [4.69, 9.17) is 14.2 Å². The molecule has 1 fully saturated rings. The number of nitrogens with zero attached hydrogens (tertiary/aromatic N) is 3. The molecule has 2 aromatic carbocycles. The van der Waals surface area contributed by atoms with Gasteiger partial charge in [-0.3, -0.25) is 0 Å². The van der Waals surface area contributed by atoms with E-state index in [0.29, 0.717) is 46.4 Å². The number of benzene rings is 2. The molecule has 200 valence electrons. The number of aromatic nitrogens is 3. The average molecular weight is 646 g/mol. The maximum Gasteiger partial charge on any atom is 0.338 e. The highest BCUT2D eigenvalue weighted by atomic mass is 79.9. The quantitative estimate of drug-likeness (QED) is 0.265. The van der Waals surface area contributed by atoms with Gasteiger partial charge >= 0.3 is 5.97 Å². The van der Waals surface area contributed by atoms with E-state index < -0.39 is 6.04 Å². The summed E-state index contributed by atoms with van der Waals surface area (Å²) in [6.45, 7) is 4.62. The number of hydrogen-bond donors (Lipinski definition) is 1. The molecule has 1 aromatic heterocycles. The molecule has 0 saturated heterocycles. The number of rotatable bonds is 8. The lowest BCUT2D eigenvalue weighted by Gasteiger charge is -2.30. The highest BCUT2D eigenvalue weighted by Crippen LogP contribution is 2.43. The molecular weight excluding hydrogens is 616 g/mol. The Morgan fingerprint density at radius 1 is 1.13 bits per heavy atom. The number of fused-ring (bicyclic) bond motifs is 1. The van der Waals surface area contributed by atoms with Crippen molar-refractivity contribution in [3.8, 4) is 11.5 Å². The van der Waals surface area contributed by atoms with Gasteiger partial charge in [0.05, 0.1) is 16.7 Å². The first-order valence-corrected chi connectivity index (χ1v) is 14.4. The molecule has 2 heterocycles. The number of esters is 1. The minimum atomic E-state index is -0.542. The molecule has 1 N–H and O–H groups in total. The van der Waals surface area contributed by atoms with E-state index in [2.05, 4.69) is 47.3 Å². The second-order valence-electron chi connectivity index (χ2n) is 9.44. The van der Waals surface area contributed by atoms with E-state index in [1.165, 1.54) is 12.7 Å². The Labute approximate surface area is 239 Å². The van der Waals surface area contributed by atoms with Crippen LogP contribution in [-0.2, 0) is 16.1 Å². The Kier molecular flexibility index (Phi) is 8.38. The summed E-state index contributed by atoms with van der Waals surface area (Å²) in [5, 5.41) is 7.66. The fourth-order valence-corrected chi connectivity index (χ4v) is 6.01. The van der Waals surface area contributed by atoms with Crippen molar-refractivity contribution in [2.75, 3.05) is 11.9 Å². The van der Waals surface area contributed by atoms with Crippen LogP contribution in [0.5, 0.6) is 11.5 Å². The van der Waals surface area contributed by atoms with Crippen LogP contribution in [-0.4, -0.2) is 33.4 Å². The van der Waals surface area contributed by atoms with Gasteiger partial charge in [-0.2, -0.15) is 10.1 Å². The third-order valence-corrected chi connectivity index (χ3v) is 7.84. The van der Waals surface area contributed by atoms with Crippen LogP contribution in [0, 0.1) is 0 Å². The lowest BCUT2D eigenvalue weighted by molar-refractivity contribution is -0.146. The topological polar surface area (TPSA) is 87.5 Å². The minimum absolute atomic E-state index is 0.0612. The normalized spacial score (nSPS) is 17.5. The van der Waals surface area contributed by atoms with Gasteiger partial charge in [-0.1, -0.05) is 34.5 Å². The first-order chi connectivity index (χ1) is 18.4. The molecule has 0 amide bonds. The second kappa shape index (κ2) is 11.9. The Balaban J connectivity index is 1.50. The molecule has 1 unspecified atom stereocenters. The molecule has 2 aliphatic rings. The van der Waals surface area contributed by atoms with Crippen LogP contribution in [0.2, 0.25) is 0 Å². The number of nitrogens with one attached hydrogen (secondary N) is 1. The van der Waals surface area contributed by atoms with E-state index in [1.807, 2.05) is 50.2 Å². The molecule has 0 bridgehead atoms. The van der Waals surface area contributed by atoms with Gasteiger partial charge in [0.2, 0.25) is 5.95 Å². The number of ether oxygens (including phenoxy) is 3. The van der Waals surface area contributed by atoms with Crippen molar-refractivity contribution in [3.63, 3.8) is 0 Å². The Morgan fingerprint density at radius 3 is 2.71 bits per heavy atom. The predicted octanol–water partition coefficient (Wildman–Crippen LogP) is 6.95. The standard InChI is InChI=1S/C28H30Br2N4O4/c1-3-36-23-14-19(13-22(30)26(23)37-15-18-8-7-9-20(29)12-18)25-24(17(2)33-28-31-16-32-34(25)28)27(35)38-21-10-5-4-6-11-21/h7-9,12-14,16,21,25H,3-6,10-11,15H2,1-2H3,(H,31,32,33). The van der Waals surface area contributed by atoms with Gasteiger partial charge in [-0.15, -0.1) is 0 Å². The molecule has 0 radical (unpaired) electrons. The van der Waals surface area contributed by atoms with Crippen molar-refractivity contribution >= 4 is 43.8 Å². The first-order valence-electron chi connectivity index (χ1n) is 12.9. The van der Waals surface area contributed by atoms with Gasteiger partial charge in [0.25, 0.3) is 0 Å². The molecule has 10 heteroatoms. The molecule has 1 aliphatic carbocycles. The molecule has 1 atom stereocenters. The minimum Gasteiger partial charge on any atom is -0.490 e. The van der Waals surface area contributed by atoms with E-state index >= 15 is 0 Å². The smallest absolute Gasteiger partial charge is 0.338 e. The monoisotopic (exact) mass is 644 g/mol. The Hall–Kier alpha value is -2.85. The van der Waals surface area contributed by atoms with Gasteiger partial charge in [0.1, 0.15) is 25.1 Å². The molecule has 3 aromatic rings. The number of carbonyl (C=O) groups excluding carboxylic acids is 1. The zero-order valence-corrected chi connectivity index (χ0v) is 24.5. The fraction of sp³-hybridized carbons (Fsp3) is 0.393. The van der Waals surface area contributed by atoms with Crippen molar-refractivity contribution < 1.29 is 19.0 Å². The zero-order chi connectivity index (χ0) is 26.6. The van der Waals surface area contributed by atoms with Gasteiger partial charge in [-0.25, -0.2) is 9.48 Å². The second-order valence-corrected chi connectivity index (χ2v) is 11.2. The largest absolute Gasteiger partial charge is 0.490 e. The number of anilines is 1. The fourth-order valence-electron chi connectivity index (χ4n) is 4.99. The summed E-state index contributed by atoms with van der Waals surface area (Å²) in [5.41, 5.74) is 3.03. The van der Waals surface area contributed by atoms with Crippen molar-refractivity contribution in [2.24, 2.45) is 0 Å². The summed E-state index contributed by atoms with van der Waals surface area (Å²) in [4.78, 5) is 17.9. The maximum atomic E-state index is 13.6. The average Bonchev–Trinajstić information content (AvgIpc) is 3.36. The van der Waals surface area contributed by atoms with Crippen LogP contribution in [0.4, 0.5) is 5.95 Å². The third-order valence-electron chi connectivity index (χ3n) is 6.76. The van der Waals surface area contributed by atoms with Gasteiger partial charge in [-0.05, 0) is 90.9 Å². The predicted molar refractivity (Wildman–Crippen MR) is 151 cm³/mol. The summed E-state index contributed by atoms with van der Waals surface area (Å²) in [7, 11) is 0. The molecule has 1 saturated carbocycles. The van der Waals surface area contributed by atoms with Gasteiger partial charge in [0.15, 0.2) is 11.5 Å². The summed E-state index contributed by atoms with van der Waals surface area (Å²) in [6, 6.07) is 11.3. The van der Waals surface area contributed by atoms with Crippen molar-refractivity contribution in [1.29, 1.82) is 0 Å². The number of halogens is 2. The molecule has 8 nitrogen and oxygen atoms in total. The molecule has 38 heavy (non-hydrogen) atoms. The number of hydrogen-bond acceptors (Lipinski definition) is 7. The van der Waals surface area contributed by atoms with E-state index in [0.717, 1.165) is 41.3 Å². The molecule has 1 aliphatic heterocycles. The SMILES string of the molecule is CCOc1cc(C2C(C(=O)OC3CCCCC3)=C(C)Nc3ncnn32)cc(Br)c1OCc1cccc(Br)c1. The molecule has 5 rings (SSSR count).